The second kappa shape index (κ2) is 7.25. The molecule has 0 unspecified atom stereocenters. The second-order valence-electron chi connectivity index (χ2n) is 5.48. The van der Waals surface area contributed by atoms with Crippen molar-refractivity contribution in [2.24, 2.45) is 0 Å². The van der Waals surface area contributed by atoms with Crippen molar-refractivity contribution < 1.29 is 14.5 Å². The van der Waals surface area contributed by atoms with Gasteiger partial charge in [0.15, 0.2) is 11.6 Å². The largest absolute Gasteiger partial charge is 0.364 e. The average molecular weight is 377 g/mol. The van der Waals surface area contributed by atoms with Gasteiger partial charge in [0.05, 0.1) is 10.2 Å². The van der Waals surface area contributed by atoms with Crippen LogP contribution in [-0.2, 0) is 9.59 Å². The van der Waals surface area contributed by atoms with E-state index in [2.05, 4.69) is 5.32 Å². The number of nitro groups is 1. The number of nitrogens with zero attached hydrogens (tertiary/aromatic N) is 1. The van der Waals surface area contributed by atoms with E-state index in [1.165, 1.54) is 30.0 Å². The molecule has 0 radical (unpaired) electrons. The summed E-state index contributed by atoms with van der Waals surface area (Å²) in [5.74, 6) is -0.544. The van der Waals surface area contributed by atoms with E-state index >= 15 is 0 Å². The van der Waals surface area contributed by atoms with Crippen molar-refractivity contribution in [1.82, 2.24) is 0 Å². The van der Waals surface area contributed by atoms with Crippen molar-refractivity contribution in [3.8, 4) is 0 Å². The van der Waals surface area contributed by atoms with Crippen LogP contribution >= 0.6 is 23.4 Å². The van der Waals surface area contributed by atoms with E-state index in [4.69, 9.17) is 11.6 Å². The Balaban J connectivity index is 1.76. The number of halogens is 1. The van der Waals surface area contributed by atoms with E-state index in [1.54, 1.807) is 30.3 Å². The molecule has 25 heavy (non-hydrogen) atoms. The average Bonchev–Trinajstić information content (AvgIpc) is 2.85. The van der Waals surface area contributed by atoms with E-state index < -0.39 is 16.2 Å². The molecule has 0 aromatic heterocycles. The summed E-state index contributed by atoms with van der Waals surface area (Å²) in [4.78, 5) is 36.2. The van der Waals surface area contributed by atoms with E-state index in [-0.39, 0.29) is 29.4 Å². The highest BCUT2D eigenvalue weighted by molar-refractivity contribution is 8.00. The number of benzene rings is 2. The molecule has 1 aliphatic rings. The molecule has 1 fully saturated rings. The zero-order valence-electron chi connectivity index (χ0n) is 12.8. The van der Waals surface area contributed by atoms with Crippen LogP contribution in [0.1, 0.15) is 6.42 Å². The van der Waals surface area contributed by atoms with Crippen molar-refractivity contribution in [2.45, 2.75) is 22.6 Å². The summed E-state index contributed by atoms with van der Waals surface area (Å²) in [6.07, 6.45) is 0.0877. The Bertz CT molecular complexity index is 841. The van der Waals surface area contributed by atoms with Gasteiger partial charge in [-0.1, -0.05) is 23.7 Å². The van der Waals surface area contributed by atoms with E-state index in [0.29, 0.717) is 5.02 Å². The first-order chi connectivity index (χ1) is 12.0. The summed E-state index contributed by atoms with van der Waals surface area (Å²) in [6, 6.07) is 11.9. The molecule has 1 N–H and O–H groups in total. The van der Waals surface area contributed by atoms with Crippen LogP contribution in [0.2, 0.25) is 5.02 Å². The standard InChI is InChI=1S/C17H13ClN2O4S/c18-10-5-7-11(8-6-10)25-15-9-14(21)16(17(15)22)19-12-3-1-2-4-13(12)20(23)24/h1-8,15-16,19H,9H2/t15-,16-/m0/s1. The minimum Gasteiger partial charge on any atom is -0.364 e. The first kappa shape index (κ1) is 17.4. The number of nitrogens with one attached hydrogen (secondary N) is 1. The lowest BCUT2D eigenvalue weighted by Gasteiger charge is -2.12. The van der Waals surface area contributed by atoms with Crippen molar-refractivity contribution in [3.63, 3.8) is 0 Å². The predicted octanol–water partition coefficient (Wildman–Crippen LogP) is 3.73. The van der Waals surface area contributed by atoms with Crippen LogP contribution in [0.15, 0.2) is 53.4 Å². The van der Waals surface area contributed by atoms with Crippen LogP contribution in [-0.4, -0.2) is 27.8 Å². The van der Waals surface area contributed by atoms with Crippen LogP contribution in [0, 0.1) is 10.1 Å². The maximum absolute atomic E-state index is 12.6. The highest BCUT2D eigenvalue weighted by Crippen LogP contribution is 2.34. The molecule has 2 atom stereocenters. The second-order valence-corrected chi connectivity index (χ2v) is 7.20. The van der Waals surface area contributed by atoms with Gasteiger partial charge in [-0.2, -0.15) is 0 Å². The van der Waals surface area contributed by atoms with Gasteiger partial charge in [-0.15, -0.1) is 11.8 Å². The summed E-state index contributed by atoms with van der Waals surface area (Å²) in [5, 5.41) is 13.9. The molecule has 0 aliphatic heterocycles. The molecule has 0 saturated heterocycles. The number of hydrogen-bond acceptors (Lipinski definition) is 6. The minimum absolute atomic E-state index is 0.0877. The molecule has 8 heteroatoms. The fourth-order valence-corrected chi connectivity index (χ4v) is 3.83. The SMILES string of the molecule is O=C1C[C@H](Sc2ccc(Cl)cc2)C(=O)[C@H]1Nc1ccccc1[N+](=O)[O-]. The fourth-order valence-electron chi connectivity index (χ4n) is 2.58. The fraction of sp³-hybridized carbons (Fsp3) is 0.176. The first-order valence-electron chi connectivity index (χ1n) is 7.44. The zero-order chi connectivity index (χ0) is 18.0. The number of carbonyl (C=O) groups is 2. The Morgan fingerprint density at radius 2 is 1.80 bits per heavy atom. The van der Waals surface area contributed by atoms with Crippen LogP contribution in [0.4, 0.5) is 11.4 Å². The molecule has 6 nitrogen and oxygen atoms in total. The highest BCUT2D eigenvalue weighted by atomic mass is 35.5. The molecule has 1 aliphatic carbocycles. The Morgan fingerprint density at radius 1 is 1.12 bits per heavy atom. The van der Waals surface area contributed by atoms with Crippen LogP contribution < -0.4 is 5.32 Å². The van der Waals surface area contributed by atoms with Gasteiger partial charge in [0.1, 0.15) is 11.7 Å². The number of para-hydroxylation sites is 2. The number of ketones is 2. The van der Waals surface area contributed by atoms with Gasteiger partial charge in [-0.25, -0.2) is 0 Å². The minimum atomic E-state index is -1.06. The Hall–Kier alpha value is -2.38. The van der Waals surface area contributed by atoms with Crippen molar-refractivity contribution >= 4 is 46.3 Å². The van der Waals surface area contributed by atoms with Crippen molar-refractivity contribution in [1.29, 1.82) is 0 Å². The normalized spacial score (nSPS) is 19.9. The predicted molar refractivity (Wildman–Crippen MR) is 96.2 cm³/mol. The van der Waals surface area contributed by atoms with Gasteiger partial charge >= 0.3 is 0 Å². The van der Waals surface area contributed by atoms with E-state index in [1.807, 2.05) is 0 Å². The lowest BCUT2D eigenvalue weighted by atomic mass is 10.2. The summed E-state index contributed by atoms with van der Waals surface area (Å²) < 4.78 is 0. The maximum atomic E-state index is 12.6. The molecule has 128 valence electrons. The molecule has 0 bridgehead atoms. The number of nitro benzene ring substituents is 1. The van der Waals surface area contributed by atoms with E-state index in [9.17, 15) is 19.7 Å². The van der Waals surface area contributed by atoms with Gasteiger partial charge in [0, 0.05) is 22.4 Å². The van der Waals surface area contributed by atoms with Gasteiger partial charge in [-0.3, -0.25) is 19.7 Å². The zero-order valence-corrected chi connectivity index (χ0v) is 14.4. The quantitative estimate of drug-likeness (QED) is 0.486. The highest BCUT2D eigenvalue weighted by Gasteiger charge is 2.42. The number of hydrogen-bond donors (Lipinski definition) is 1. The van der Waals surface area contributed by atoms with Gasteiger partial charge in [0.25, 0.3) is 5.69 Å². The molecule has 0 heterocycles. The number of carbonyl (C=O) groups excluding carboxylic acids is 2. The summed E-state index contributed by atoms with van der Waals surface area (Å²) >= 11 is 7.13. The number of thioether (sulfide) groups is 1. The van der Waals surface area contributed by atoms with Gasteiger partial charge in [-0.05, 0) is 30.3 Å². The van der Waals surface area contributed by atoms with Crippen molar-refractivity contribution in [2.75, 3.05) is 5.32 Å². The molecule has 2 aromatic rings. The maximum Gasteiger partial charge on any atom is 0.292 e. The Morgan fingerprint density at radius 3 is 2.48 bits per heavy atom. The summed E-state index contributed by atoms with van der Waals surface area (Å²) in [7, 11) is 0. The molecule has 0 amide bonds. The summed E-state index contributed by atoms with van der Waals surface area (Å²) in [5.41, 5.74) is -0.00625. The topological polar surface area (TPSA) is 89.3 Å². The summed E-state index contributed by atoms with van der Waals surface area (Å²) in [6.45, 7) is 0. The van der Waals surface area contributed by atoms with Crippen LogP contribution in [0.3, 0.4) is 0 Å². The number of Topliss-reactive ketones (excluding diaryl/α,β-unsaturated/α-hetero) is 2. The molecule has 1 saturated carbocycles. The smallest absolute Gasteiger partial charge is 0.292 e. The van der Waals surface area contributed by atoms with Gasteiger partial charge < -0.3 is 5.32 Å². The third-order valence-electron chi connectivity index (χ3n) is 3.80. The number of anilines is 1. The molecule has 0 spiro atoms. The number of rotatable bonds is 5. The lowest BCUT2D eigenvalue weighted by molar-refractivity contribution is -0.384. The molecule has 2 aromatic carbocycles. The first-order valence-corrected chi connectivity index (χ1v) is 8.70. The monoisotopic (exact) mass is 376 g/mol. The van der Waals surface area contributed by atoms with Crippen LogP contribution in [0.25, 0.3) is 0 Å². The molecule has 3 rings (SSSR count). The van der Waals surface area contributed by atoms with E-state index in [0.717, 1.165) is 4.90 Å². The Kier molecular flexibility index (Phi) is 5.06. The van der Waals surface area contributed by atoms with Crippen molar-refractivity contribution in [3.05, 3.63) is 63.7 Å². The van der Waals surface area contributed by atoms with Crippen LogP contribution in [0.5, 0.6) is 0 Å². The van der Waals surface area contributed by atoms with Gasteiger partial charge in [0.2, 0.25) is 0 Å². The third kappa shape index (κ3) is 3.83. The molecular weight excluding hydrogens is 364 g/mol. The lowest BCUT2D eigenvalue weighted by Crippen LogP contribution is -2.32. The Labute approximate surface area is 152 Å². The molecular formula is C17H13ClN2O4S. The third-order valence-corrected chi connectivity index (χ3v) is 5.28.